The number of H-pyrrole nitrogens is 1. The number of hydrogen-bond donors (Lipinski definition) is 2. The average molecular weight is 292 g/mol. The van der Waals surface area contributed by atoms with Gasteiger partial charge in [-0.2, -0.15) is 18.2 Å². The summed E-state index contributed by atoms with van der Waals surface area (Å²) in [6.07, 6.45) is -4.72. The maximum absolute atomic E-state index is 12.2. The third-order valence-electron chi connectivity index (χ3n) is 2.03. The fourth-order valence-electron chi connectivity index (χ4n) is 1.21. The molecule has 0 unspecified atom stereocenters. The minimum absolute atomic E-state index is 0.103. The maximum Gasteiger partial charge on any atom is 0.451 e. The first-order valence-corrected chi connectivity index (χ1v) is 6.35. The summed E-state index contributed by atoms with van der Waals surface area (Å²) in [5, 5.41) is 4.75. The third kappa shape index (κ3) is 3.02. The molecule has 1 aromatic heterocycles. The third-order valence-corrected chi connectivity index (χ3v) is 3.38. The maximum atomic E-state index is 12.2. The molecule has 102 valence electrons. The van der Waals surface area contributed by atoms with Crippen LogP contribution in [0.4, 0.5) is 19.1 Å². The molecule has 0 atom stereocenters. The normalized spacial score (nSPS) is 12.4. The van der Waals surface area contributed by atoms with Crippen molar-refractivity contribution in [3.63, 3.8) is 0 Å². The summed E-state index contributed by atoms with van der Waals surface area (Å²) in [6.45, 7) is 0. The van der Waals surface area contributed by atoms with E-state index in [9.17, 15) is 21.6 Å². The number of benzene rings is 1. The second kappa shape index (κ2) is 4.53. The fraction of sp³-hybridized carbons (Fsp3) is 0.111. The molecule has 0 aliphatic heterocycles. The average Bonchev–Trinajstić information content (AvgIpc) is 2.78. The van der Waals surface area contributed by atoms with Crippen LogP contribution in [0.2, 0.25) is 0 Å². The van der Waals surface area contributed by atoms with Gasteiger partial charge in [-0.1, -0.05) is 18.2 Å². The van der Waals surface area contributed by atoms with Crippen LogP contribution in [0.1, 0.15) is 5.82 Å². The molecule has 0 fully saturated rings. The van der Waals surface area contributed by atoms with Gasteiger partial charge in [-0.3, -0.25) is 5.10 Å². The molecule has 0 aliphatic carbocycles. The van der Waals surface area contributed by atoms with Crippen LogP contribution in [0, 0.1) is 0 Å². The quantitative estimate of drug-likeness (QED) is 0.900. The number of sulfonamides is 1. The monoisotopic (exact) mass is 292 g/mol. The lowest BCUT2D eigenvalue weighted by Gasteiger charge is -2.03. The van der Waals surface area contributed by atoms with Crippen molar-refractivity contribution in [3.8, 4) is 0 Å². The van der Waals surface area contributed by atoms with E-state index in [4.69, 9.17) is 0 Å². The first-order valence-electron chi connectivity index (χ1n) is 4.86. The van der Waals surface area contributed by atoms with Crippen LogP contribution >= 0.6 is 0 Å². The zero-order valence-electron chi connectivity index (χ0n) is 9.14. The first kappa shape index (κ1) is 13.3. The van der Waals surface area contributed by atoms with Crippen molar-refractivity contribution in [2.24, 2.45) is 0 Å². The number of halogens is 3. The summed E-state index contributed by atoms with van der Waals surface area (Å²) in [6, 6.07) is 7.15. The smallest absolute Gasteiger partial charge is 0.253 e. The van der Waals surface area contributed by atoms with Crippen molar-refractivity contribution >= 4 is 16.0 Å². The Morgan fingerprint density at radius 3 is 2.32 bits per heavy atom. The van der Waals surface area contributed by atoms with Crippen molar-refractivity contribution < 1.29 is 21.6 Å². The van der Waals surface area contributed by atoms with Crippen LogP contribution in [0.3, 0.4) is 0 Å². The molecule has 2 aromatic rings. The fourth-order valence-corrected chi connectivity index (χ4v) is 2.18. The summed E-state index contributed by atoms with van der Waals surface area (Å²) < 4.78 is 62.1. The molecular weight excluding hydrogens is 285 g/mol. The molecule has 0 bridgehead atoms. The van der Waals surface area contributed by atoms with E-state index in [-0.39, 0.29) is 4.90 Å². The molecule has 10 heteroatoms. The molecule has 0 saturated heterocycles. The van der Waals surface area contributed by atoms with Gasteiger partial charge in [-0.15, -0.1) is 5.10 Å². The predicted molar refractivity (Wildman–Crippen MR) is 58.6 cm³/mol. The van der Waals surface area contributed by atoms with Crippen molar-refractivity contribution in [2.75, 3.05) is 4.72 Å². The summed E-state index contributed by atoms with van der Waals surface area (Å²) >= 11 is 0. The number of nitrogens with one attached hydrogen (secondary N) is 2. The molecule has 1 heterocycles. The lowest BCUT2D eigenvalue weighted by molar-refractivity contribution is -0.144. The van der Waals surface area contributed by atoms with Crippen LogP contribution in [0.25, 0.3) is 0 Å². The highest BCUT2D eigenvalue weighted by molar-refractivity contribution is 7.92. The summed E-state index contributed by atoms with van der Waals surface area (Å²) in [7, 11) is -4.01. The summed E-state index contributed by atoms with van der Waals surface area (Å²) in [5.41, 5.74) is 0. The Morgan fingerprint density at radius 2 is 1.79 bits per heavy atom. The van der Waals surface area contributed by atoms with E-state index in [2.05, 4.69) is 10.1 Å². The Morgan fingerprint density at radius 1 is 1.16 bits per heavy atom. The molecule has 1 aromatic carbocycles. The zero-order valence-corrected chi connectivity index (χ0v) is 9.96. The van der Waals surface area contributed by atoms with Gasteiger partial charge in [-0.05, 0) is 12.1 Å². The van der Waals surface area contributed by atoms with E-state index in [1.807, 2.05) is 4.72 Å². The van der Waals surface area contributed by atoms with Crippen LogP contribution in [0.5, 0.6) is 0 Å². The summed E-state index contributed by atoms with van der Waals surface area (Å²) in [5.74, 6) is -2.05. The van der Waals surface area contributed by atoms with E-state index in [1.54, 1.807) is 11.2 Å². The first-order chi connectivity index (χ1) is 8.79. The Hall–Kier alpha value is -2.10. The van der Waals surface area contributed by atoms with Gasteiger partial charge in [-0.25, -0.2) is 13.1 Å². The number of rotatable bonds is 3. The number of aromatic nitrogens is 3. The molecule has 0 spiro atoms. The second-order valence-electron chi connectivity index (χ2n) is 3.42. The van der Waals surface area contributed by atoms with Crippen LogP contribution in [-0.2, 0) is 16.2 Å². The van der Waals surface area contributed by atoms with Crippen LogP contribution < -0.4 is 4.72 Å². The Labute approximate surface area is 105 Å². The zero-order chi connectivity index (χ0) is 14.1. The van der Waals surface area contributed by atoms with Gasteiger partial charge in [0.05, 0.1) is 4.90 Å². The number of anilines is 1. The lowest BCUT2D eigenvalue weighted by Crippen LogP contribution is -2.14. The molecule has 0 saturated carbocycles. The minimum atomic E-state index is -4.72. The van der Waals surface area contributed by atoms with Crippen LogP contribution in [0.15, 0.2) is 35.2 Å². The van der Waals surface area contributed by atoms with Crippen molar-refractivity contribution in [1.82, 2.24) is 15.2 Å². The number of alkyl halides is 3. The topological polar surface area (TPSA) is 87.7 Å². The van der Waals surface area contributed by atoms with E-state index >= 15 is 0 Å². The van der Waals surface area contributed by atoms with Gasteiger partial charge in [0.1, 0.15) is 0 Å². The van der Waals surface area contributed by atoms with Gasteiger partial charge < -0.3 is 0 Å². The Balaban J connectivity index is 2.25. The van der Waals surface area contributed by atoms with Crippen molar-refractivity contribution in [2.45, 2.75) is 11.1 Å². The summed E-state index contributed by atoms with van der Waals surface area (Å²) in [4.78, 5) is 2.91. The largest absolute Gasteiger partial charge is 0.451 e. The molecule has 6 nitrogen and oxygen atoms in total. The van der Waals surface area contributed by atoms with Gasteiger partial charge in [0.25, 0.3) is 16.0 Å². The van der Waals surface area contributed by atoms with Crippen LogP contribution in [-0.4, -0.2) is 23.6 Å². The van der Waals surface area contributed by atoms with E-state index in [0.717, 1.165) is 0 Å². The van der Waals surface area contributed by atoms with Gasteiger partial charge in [0.15, 0.2) is 0 Å². The standard InChI is InChI=1S/C9H7F3N4O2S/c10-9(11,12)7-13-8(15-14-7)16-19(17,18)6-4-2-1-3-5-6/h1-5H,(H2,13,14,15,16). The number of nitrogens with zero attached hydrogens (tertiary/aromatic N) is 2. The highest BCUT2D eigenvalue weighted by Crippen LogP contribution is 2.26. The van der Waals surface area contributed by atoms with E-state index < -0.39 is 28.0 Å². The molecule has 19 heavy (non-hydrogen) atoms. The SMILES string of the molecule is O=S(=O)(Nc1n[nH]c(C(F)(F)F)n1)c1ccccc1. The molecule has 2 N–H and O–H groups in total. The van der Waals surface area contributed by atoms with E-state index in [1.165, 1.54) is 24.3 Å². The number of hydrogen-bond acceptors (Lipinski definition) is 4. The van der Waals surface area contributed by atoms with Crippen molar-refractivity contribution in [3.05, 3.63) is 36.2 Å². The van der Waals surface area contributed by atoms with Gasteiger partial charge in [0, 0.05) is 0 Å². The molecule has 0 radical (unpaired) electrons. The molecule has 0 amide bonds. The number of aromatic amines is 1. The minimum Gasteiger partial charge on any atom is -0.253 e. The highest BCUT2D eigenvalue weighted by Gasteiger charge is 2.35. The highest BCUT2D eigenvalue weighted by atomic mass is 32.2. The van der Waals surface area contributed by atoms with Gasteiger partial charge >= 0.3 is 6.18 Å². The predicted octanol–water partition coefficient (Wildman–Crippen LogP) is 1.62. The van der Waals surface area contributed by atoms with Gasteiger partial charge in [0.2, 0.25) is 5.82 Å². The second-order valence-corrected chi connectivity index (χ2v) is 5.11. The van der Waals surface area contributed by atoms with E-state index in [0.29, 0.717) is 0 Å². The molecular formula is C9H7F3N4O2S. The Kier molecular flexibility index (Phi) is 3.18. The Bertz CT molecular complexity index is 666. The van der Waals surface area contributed by atoms with Crippen molar-refractivity contribution in [1.29, 1.82) is 0 Å². The molecule has 0 aliphatic rings. The molecule has 2 rings (SSSR count). The lowest BCUT2D eigenvalue weighted by atomic mass is 10.4.